The Labute approximate surface area is 149 Å². The van der Waals surface area contributed by atoms with E-state index in [0.29, 0.717) is 17.3 Å². The zero-order valence-corrected chi connectivity index (χ0v) is 15.5. The van der Waals surface area contributed by atoms with Gasteiger partial charge in [0, 0.05) is 23.3 Å². The summed E-state index contributed by atoms with van der Waals surface area (Å²) in [6, 6.07) is 3.73. The second-order valence-electron chi connectivity index (χ2n) is 4.74. The molecule has 0 aliphatic heterocycles. The molecule has 0 unspecified atom stereocenters. The summed E-state index contributed by atoms with van der Waals surface area (Å²) in [4.78, 5) is 12.8. The van der Waals surface area contributed by atoms with Crippen molar-refractivity contribution in [3.8, 4) is 11.5 Å². The number of aryl methyl sites for hydroxylation is 1. The van der Waals surface area contributed by atoms with Crippen molar-refractivity contribution in [2.24, 2.45) is 4.99 Å². The molecule has 0 N–H and O–H groups in total. The van der Waals surface area contributed by atoms with Crippen LogP contribution in [0.2, 0.25) is 0 Å². The predicted octanol–water partition coefficient (Wildman–Crippen LogP) is 4.77. The van der Waals surface area contributed by atoms with Crippen LogP contribution in [0.25, 0.3) is 17.0 Å². The van der Waals surface area contributed by atoms with Crippen molar-refractivity contribution in [3.63, 3.8) is 0 Å². The molecule has 1 aromatic carbocycles. The molecule has 0 atom stereocenters. The van der Waals surface area contributed by atoms with Crippen LogP contribution in [0.5, 0.6) is 11.5 Å². The summed E-state index contributed by atoms with van der Waals surface area (Å²) in [5.41, 5.74) is 2.48. The first kappa shape index (κ1) is 20.1. The largest absolute Gasteiger partial charge is 0.493 e. The minimum absolute atomic E-state index is 0.596. The van der Waals surface area contributed by atoms with Crippen LogP contribution < -0.4 is 9.47 Å². The quantitative estimate of drug-likeness (QED) is 0.562. The van der Waals surface area contributed by atoms with E-state index in [0.717, 1.165) is 22.2 Å². The van der Waals surface area contributed by atoms with Gasteiger partial charge < -0.3 is 9.47 Å². The van der Waals surface area contributed by atoms with E-state index < -0.39 is 0 Å². The van der Waals surface area contributed by atoms with Crippen LogP contribution in [0, 0.1) is 6.92 Å². The van der Waals surface area contributed by atoms with Crippen LogP contribution >= 0.6 is 0 Å². The maximum absolute atomic E-state index is 5.33. The number of aliphatic imine (C=N–C) groups is 1. The molecule has 2 aromatic rings. The third-order valence-electron chi connectivity index (χ3n) is 3.31. The molecule has 25 heavy (non-hydrogen) atoms. The van der Waals surface area contributed by atoms with E-state index in [2.05, 4.69) is 28.3 Å². The summed E-state index contributed by atoms with van der Waals surface area (Å²) in [5.74, 6) is 1.89. The molecule has 0 spiro atoms. The molecule has 0 aliphatic carbocycles. The van der Waals surface area contributed by atoms with Crippen LogP contribution in [0.4, 0.5) is 0 Å². The minimum Gasteiger partial charge on any atom is -0.493 e. The fourth-order valence-corrected chi connectivity index (χ4v) is 2.15. The van der Waals surface area contributed by atoms with Crippen molar-refractivity contribution in [1.29, 1.82) is 0 Å². The number of hydrogen-bond acceptors (Lipinski definition) is 5. The van der Waals surface area contributed by atoms with E-state index in [1.165, 1.54) is 0 Å². The van der Waals surface area contributed by atoms with E-state index in [1.54, 1.807) is 26.5 Å². The summed E-state index contributed by atoms with van der Waals surface area (Å²) in [5, 5.41) is 0.923. The monoisotopic (exact) mass is 339 g/mol. The number of nitrogens with zero attached hydrogens (tertiary/aromatic N) is 3. The highest BCUT2D eigenvalue weighted by molar-refractivity contribution is 5.85. The molecular weight excluding hydrogens is 314 g/mol. The Bertz CT molecular complexity index is 808. The van der Waals surface area contributed by atoms with Gasteiger partial charge in [-0.15, -0.1) is 0 Å². The molecule has 1 aromatic heterocycles. The van der Waals surface area contributed by atoms with Crippen molar-refractivity contribution in [3.05, 3.63) is 54.2 Å². The molecule has 0 saturated carbocycles. The number of rotatable bonds is 6. The Balaban J connectivity index is 0.00000151. The first-order valence-electron chi connectivity index (χ1n) is 7.99. The molecule has 132 valence electrons. The number of methoxy groups -OCH3 is 2. The Morgan fingerprint density at radius 3 is 2.32 bits per heavy atom. The summed E-state index contributed by atoms with van der Waals surface area (Å²) >= 11 is 0. The molecule has 0 radical (unpaired) electrons. The van der Waals surface area contributed by atoms with Gasteiger partial charge in [0.1, 0.15) is 0 Å². The van der Waals surface area contributed by atoms with Crippen LogP contribution in [0.15, 0.2) is 47.6 Å². The van der Waals surface area contributed by atoms with Gasteiger partial charge >= 0.3 is 0 Å². The topological polar surface area (TPSA) is 56.6 Å². The third-order valence-corrected chi connectivity index (χ3v) is 3.31. The first-order chi connectivity index (χ1) is 12.1. The fourth-order valence-electron chi connectivity index (χ4n) is 2.15. The van der Waals surface area contributed by atoms with Gasteiger partial charge in [-0.25, -0.2) is 9.97 Å². The van der Waals surface area contributed by atoms with Gasteiger partial charge in [-0.2, -0.15) is 0 Å². The minimum atomic E-state index is 0.596. The van der Waals surface area contributed by atoms with Crippen LogP contribution in [-0.4, -0.2) is 30.9 Å². The summed E-state index contributed by atoms with van der Waals surface area (Å²) in [6.07, 6.45) is 6.95. The maximum atomic E-state index is 5.33. The van der Waals surface area contributed by atoms with Crippen molar-refractivity contribution >= 4 is 23.7 Å². The Hall–Kier alpha value is -2.95. The third kappa shape index (κ3) is 5.01. The molecule has 5 heteroatoms. The van der Waals surface area contributed by atoms with Gasteiger partial charge in [0.2, 0.25) is 0 Å². The Morgan fingerprint density at radius 2 is 1.76 bits per heavy atom. The molecule has 2 rings (SSSR count). The lowest BCUT2D eigenvalue weighted by Crippen LogP contribution is -1.96. The van der Waals surface area contributed by atoms with Crippen LogP contribution in [0.3, 0.4) is 0 Å². The maximum Gasteiger partial charge on any atom is 0.162 e. The summed E-state index contributed by atoms with van der Waals surface area (Å²) in [6.45, 7) is 13.1. The average Bonchev–Trinajstić information content (AvgIpc) is 2.65. The number of ether oxygens (including phenoxy) is 2. The molecular formula is C20H25N3O2. The molecule has 0 amide bonds. The van der Waals surface area contributed by atoms with Crippen LogP contribution in [0.1, 0.15) is 25.4 Å². The van der Waals surface area contributed by atoms with Gasteiger partial charge in [0.25, 0.3) is 0 Å². The SMILES string of the molecule is C=CC(/C=C/c1nc(C)c2cc(OC)c(OC)cc2n1)=C\N=C.CC. The van der Waals surface area contributed by atoms with Gasteiger partial charge in [-0.3, -0.25) is 4.99 Å². The van der Waals surface area contributed by atoms with E-state index in [4.69, 9.17) is 9.47 Å². The van der Waals surface area contributed by atoms with Crippen molar-refractivity contribution < 1.29 is 9.47 Å². The summed E-state index contributed by atoms with van der Waals surface area (Å²) in [7, 11) is 3.20. The van der Waals surface area contributed by atoms with Crippen molar-refractivity contribution in [2.75, 3.05) is 14.2 Å². The molecule has 0 fully saturated rings. The standard InChI is InChI=1S/C18H19N3O2.C2H6/c1-6-13(11-19-3)7-8-18-20-12(2)14-9-16(22-4)17(23-5)10-15(14)21-18;1-2/h6-11H,1,3H2,2,4-5H3;1-2H3/b8-7+,13-11+;. The van der Waals surface area contributed by atoms with E-state index in [9.17, 15) is 0 Å². The van der Waals surface area contributed by atoms with Gasteiger partial charge in [0.05, 0.1) is 19.7 Å². The number of fused-ring (bicyclic) bond motifs is 1. The van der Waals surface area contributed by atoms with E-state index in [-0.39, 0.29) is 0 Å². The van der Waals surface area contributed by atoms with E-state index >= 15 is 0 Å². The number of allylic oxidation sites excluding steroid dienone is 3. The molecule has 5 nitrogen and oxygen atoms in total. The second-order valence-corrected chi connectivity index (χ2v) is 4.74. The number of hydrogen-bond donors (Lipinski definition) is 0. The molecule has 1 heterocycles. The second kappa shape index (κ2) is 10.0. The normalized spacial score (nSPS) is 11.0. The fraction of sp³-hybridized carbons (Fsp3) is 0.250. The van der Waals surface area contributed by atoms with E-state index in [1.807, 2.05) is 45.1 Å². The van der Waals surface area contributed by atoms with Crippen LogP contribution in [-0.2, 0) is 0 Å². The van der Waals surface area contributed by atoms with Crippen molar-refractivity contribution in [1.82, 2.24) is 9.97 Å². The zero-order chi connectivity index (χ0) is 18.8. The van der Waals surface area contributed by atoms with Gasteiger partial charge in [-0.05, 0) is 37.4 Å². The Morgan fingerprint density at radius 1 is 1.12 bits per heavy atom. The van der Waals surface area contributed by atoms with Crippen molar-refractivity contribution in [2.45, 2.75) is 20.8 Å². The van der Waals surface area contributed by atoms with Gasteiger partial charge in [-0.1, -0.05) is 26.5 Å². The predicted molar refractivity (Wildman–Crippen MR) is 106 cm³/mol. The molecule has 0 aliphatic rings. The average molecular weight is 339 g/mol. The Kier molecular flexibility index (Phi) is 8.06. The van der Waals surface area contributed by atoms with Gasteiger partial charge in [0.15, 0.2) is 17.3 Å². The smallest absolute Gasteiger partial charge is 0.162 e. The first-order valence-corrected chi connectivity index (χ1v) is 7.99. The lowest BCUT2D eigenvalue weighted by atomic mass is 10.1. The number of benzene rings is 1. The highest BCUT2D eigenvalue weighted by atomic mass is 16.5. The molecule has 0 saturated heterocycles. The lowest BCUT2D eigenvalue weighted by molar-refractivity contribution is 0.355. The zero-order valence-electron chi connectivity index (χ0n) is 15.5. The highest BCUT2D eigenvalue weighted by Crippen LogP contribution is 2.32. The lowest BCUT2D eigenvalue weighted by Gasteiger charge is -2.10. The molecule has 0 bridgehead atoms. The summed E-state index contributed by atoms with van der Waals surface area (Å²) < 4.78 is 10.6. The highest BCUT2D eigenvalue weighted by Gasteiger charge is 2.10. The number of aromatic nitrogens is 2.